The van der Waals surface area contributed by atoms with Crippen molar-refractivity contribution in [3.8, 4) is 0 Å². The number of hydrogen-bond acceptors (Lipinski definition) is 5. The molecule has 1 saturated heterocycles. The third kappa shape index (κ3) is 2.72. The first kappa shape index (κ1) is 12.8. The van der Waals surface area contributed by atoms with Crippen molar-refractivity contribution in [1.82, 2.24) is 14.9 Å². The number of hydrogen-bond donors (Lipinski definition) is 1. The number of aryl methyl sites for hydroxylation is 1. The summed E-state index contributed by atoms with van der Waals surface area (Å²) in [6, 6.07) is 0. The van der Waals surface area contributed by atoms with E-state index >= 15 is 0 Å². The molecule has 5 heteroatoms. The fourth-order valence-corrected chi connectivity index (χ4v) is 3.74. The number of nitrogens with zero attached hydrogens (tertiary/aromatic N) is 3. The molecule has 1 atom stereocenters. The lowest BCUT2D eigenvalue weighted by Crippen LogP contribution is -2.35. The second-order valence-corrected chi connectivity index (χ2v) is 6.35. The van der Waals surface area contributed by atoms with Crippen LogP contribution in [0.4, 0.5) is 5.82 Å². The maximum absolute atomic E-state index is 4.40. The maximum atomic E-state index is 4.40. The first-order valence-corrected chi connectivity index (χ1v) is 7.73. The Kier molecular flexibility index (Phi) is 3.66. The van der Waals surface area contributed by atoms with Crippen LogP contribution >= 0.6 is 11.3 Å². The van der Waals surface area contributed by atoms with Gasteiger partial charge in [0.1, 0.15) is 12.1 Å². The van der Waals surface area contributed by atoms with E-state index in [1.165, 1.54) is 36.2 Å². The average Bonchev–Trinajstić information content (AvgIpc) is 2.79. The fourth-order valence-electron chi connectivity index (χ4n) is 2.78. The molecular formula is C14H20N4S. The van der Waals surface area contributed by atoms with E-state index in [4.69, 9.17) is 0 Å². The molecule has 4 nitrogen and oxygen atoms in total. The zero-order valence-corrected chi connectivity index (χ0v) is 12.3. The first-order valence-electron chi connectivity index (χ1n) is 6.85. The van der Waals surface area contributed by atoms with Crippen molar-refractivity contribution in [2.24, 2.45) is 5.92 Å². The summed E-state index contributed by atoms with van der Waals surface area (Å²) in [5.74, 6) is 1.72. The molecule has 0 radical (unpaired) electrons. The number of piperidine rings is 1. The largest absolute Gasteiger partial charge is 0.368 e. The molecular weight excluding hydrogens is 256 g/mol. The Morgan fingerprint density at radius 3 is 3.21 bits per heavy atom. The zero-order chi connectivity index (χ0) is 13.2. The molecule has 19 heavy (non-hydrogen) atoms. The van der Waals surface area contributed by atoms with Gasteiger partial charge in [-0.05, 0) is 50.2 Å². The zero-order valence-electron chi connectivity index (χ0n) is 11.5. The van der Waals surface area contributed by atoms with Crippen molar-refractivity contribution in [2.75, 3.05) is 32.0 Å². The fraction of sp³-hybridized carbons (Fsp3) is 0.571. The molecule has 1 aliphatic rings. The van der Waals surface area contributed by atoms with E-state index in [1.54, 1.807) is 17.7 Å². The normalized spacial score (nSPS) is 20.8. The Morgan fingerprint density at radius 1 is 1.47 bits per heavy atom. The van der Waals surface area contributed by atoms with Crippen molar-refractivity contribution in [3.05, 3.63) is 17.3 Å². The summed E-state index contributed by atoms with van der Waals surface area (Å²) in [6.45, 7) is 5.53. The predicted octanol–water partition coefficient (Wildman–Crippen LogP) is 2.75. The van der Waals surface area contributed by atoms with Gasteiger partial charge in [-0.1, -0.05) is 0 Å². The van der Waals surface area contributed by atoms with Crippen LogP contribution < -0.4 is 5.32 Å². The van der Waals surface area contributed by atoms with E-state index in [2.05, 4.69) is 39.5 Å². The number of thiophene rings is 1. The molecule has 1 aliphatic heterocycles. The van der Waals surface area contributed by atoms with Gasteiger partial charge in [0.25, 0.3) is 0 Å². The summed E-state index contributed by atoms with van der Waals surface area (Å²) in [4.78, 5) is 11.2. The molecule has 0 amide bonds. The second kappa shape index (κ2) is 5.43. The third-order valence-corrected chi connectivity index (χ3v) is 4.90. The monoisotopic (exact) mass is 276 g/mol. The highest BCUT2D eigenvalue weighted by Gasteiger charge is 2.17. The molecule has 3 rings (SSSR count). The van der Waals surface area contributed by atoms with E-state index in [9.17, 15) is 0 Å². The Balaban J connectivity index is 1.71. The quantitative estimate of drug-likeness (QED) is 0.936. The van der Waals surface area contributed by atoms with E-state index in [1.807, 2.05) is 0 Å². The van der Waals surface area contributed by atoms with E-state index in [0.29, 0.717) is 0 Å². The van der Waals surface area contributed by atoms with Gasteiger partial charge in [-0.15, -0.1) is 11.3 Å². The molecule has 1 unspecified atom stereocenters. The third-order valence-electron chi connectivity index (χ3n) is 3.81. The standard InChI is InChI=1S/C14H20N4S/c1-10-8-19-13-12(10)16-9-17-14(13)15-6-11-4-3-5-18(2)7-11/h8-9,11H,3-7H2,1-2H3,(H,15,16,17). The van der Waals surface area contributed by atoms with Crippen LogP contribution in [0.2, 0.25) is 0 Å². The summed E-state index contributed by atoms with van der Waals surface area (Å²) < 4.78 is 1.18. The van der Waals surface area contributed by atoms with Crippen LogP contribution in [-0.4, -0.2) is 41.5 Å². The Morgan fingerprint density at radius 2 is 2.37 bits per heavy atom. The lowest BCUT2D eigenvalue weighted by molar-refractivity contribution is 0.217. The summed E-state index contributed by atoms with van der Waals surface area (Å²) >= 11 is 1.73. The summed E-state index contributed by atoms with van der Waals surface area (Å²) in [5.41, 5.74) is 2.33. The molecule has 3 heterocycles. The Bertz CT molecular complexity index is 566. The highest BCUT2D eigenvalue weighted by Crippen LogP contribution is 2.28. The Hall–Kier alpha value is -1.20. The number of nitrogens with one attached hydrogen (secondary N) is 1. The van der Waals surface area contributed by atoms with Gasteiger partial charge in [0.05, 0.1) is 10.2 Å². The maximum Gasteiger partial charge on any atom is 0.147 e. The lowest BCUT2D eigenvalue weighted by atomic mass is 9.98. The van der Waals surface area contributed by atoms with Crippen LogP contribution in [0, 0.1) is 12.8 Å². The number of aromatic nitrogens is 2. The number of anilines is 1. The van der Waals surface area contributed by atoms with Gasteiger partial charge in [0, 0.05) is 13.1 Å². The van der Waals surface area contributed by atoms with E-state index < -0.39 is 0 Å². The van der Waals surface area contributed by atoms with Crippen LogP contribution in [0.25, 0.3) is 10.2 Å². The number of likely N-dealkylation sites (tertiary alicyclic amines) is 1. The summed E-state index contributed by atoms with van der Waals surface area (Å²) in [6.07, 6.45) is 4.28. The van der Waals surface area contributed by atoms with Gasteiger partial charge < -0.3 is 10.2 Å². The minimum absolute atomic E-state index is 0.727. The minimum Gasteiger partial charge on any atom is -0.368 e. The van der Waals surface area contributed by atoms with E-state index in [-0.39, 0.29) is 0 Å². The Labute approximate surface area is 117 Å². The van der Waals surface area contributed by atoms with Crippen molar-refractivity contribution < 1.29 is 0 Å². The first-order chi connectivity index (χ1) is 9.24. The van der Waals surface area contributed by atoms with Crippen molar-refractivity contribution in [3.63, 3.8) is 0 Å². The lowest BCUT2D eigenvalue weighted by Gasteiger charge is -2.29. The molecule has 0 saturated carbocycles. The van der Waals surface area contributed by atoms with Gasteiger partial charge in [-0.25, -0.2) is 9.97 Å². The molecule has 2 aromatic rings. The van der Waals surface area contributed by atoms with Crippen LogP contribution in [0.5, 0.6) is 0 Å². The van der Waals surface area contributed by atoms with Crippen LogP contribution in [0.15, 0.2) is 11.7 Å². The molecule has 1 N–H and O–H groups in total. The molecule has 2 aromatic heterocycles. The van der Waals surface area contributed by atoms with Crippen molar-refractivity contribution >= 4 is 27.4 Å². The smallest absolute Gasteiger partial charge is 0.147 e. The summed E-state index contributed by atoms with van der Waals surface area (Å²) in [7, 11) is 2.21. The number of rotatable bonds is 3. The van der Waals surface area contributed by atoms with Crippen LogP contribution in [0.1, 0.15) is 18.4 Å². The summed E-state index contributed by atoms with van der Waals surface area (Å²) in [5, 5.41) is 5.68. The van der Waals surface area contributed by atoms with Gasteiger partial charge in [-0.2, -0.15) is 0 Å². The number of fused-ring (bicyclic) bond motifs is 1. The van der Waals surface area contributed by atoms with Gasteiger partial charge in [0.2, 0.25) is 0 Å². The molecule has 102 valence electrons. The molecule has 0 aromatic carbocycles. The average molecular weight is 276 g/mol. The van der Waals surface area contributed by atoms with Gasteiger partial charge in [0.15, 0.2) is 0 Å². The topological polar surface area (TPSA) is 41.0 Å². The predicted molar refractivity (Wildman–Crippen MR) is 80.9 cm³/mol. The van der Waals surface area contributed by atoms with Crippen molar-refractivity contribution in [1.29, 1.82) is 0 Å². The highest BCUT2D eigenvalue weighted by atomic mass is 32.1. The van der Waals surface area contributed by atoms with Gasteiger partial charge >= 0.3 is 0 Å². The molecule has 1 fully saturated rings. The van der Waals surface area contributed by atoms with Gasteiger partial charge in [-0.3, -0.25) is 0 Å². The molecule has 0 aliphatic carbocycles. The molecule has 0 spiro atoms. The van der Waals surface area contributed by atoms with Crippen molar-refractivity contribution in [2.45, 2.75) is 19.8 Å². The second-order valence-electron chi connectivity index (χ2n) is 5.47. The highest BCUT2D eigenvalue weighted by molar-refractivity contribution is 7.18. The van der Waals surface area contributed by atoms with Crippen LogP contribution in [0.3, 0.4) is 0 Å². The van der Waals surface area contributed by atoms with E-state index in [0.717, 1.165) is 23.8 Å². The molecule has 0 bridgehead atoms. The minimum atomic E-state index is 0.727. The van der Waals surface area contributed by atoms with Crippen LogP contribution in [-0.2, 0) is 0 Å². The SMILES string of the molecule is Cc1csc2c(NCC3CCCN(C)C3)ncnc12.